The zero-order chi connectivity index (χ0) is 11.7. The second-order valence-electron chi connectivity index (χ2n) is 3.49. The predicted molar refractivity (Wildman–Crippen MR) is 64.9 cm³/mol. The van der Waals surface area contributed by atoms with Crippen molar-refractivity contribution in [3.05, 3.63) is 0 Å². The van der Waals surface area contributed by atoms with Gasteiger partial charge in [-0.25, -0.2) is 0 Å². The van der Waals surface area contributed by atoms with Crippen LogP contribution in [0.5, 0.6) is 0 Å². The molecular formula is C10H22N2O2S. The second kappa shape index (κ2) is 9.00. The number of rotatable bonds is 9. The maximum Gasteiger partial charge on any atom is 0.234 e. The summed E-state index contributed by atoms with van der Waals surface area (Å²) in [6.07, 6.45) is 1.55. The number of carbonyl (C=O) groups excluding carboxylic acids is 1. The van der Waals surface area contributed by atoms with E-state index in [4.69, 9.17) is 10.8 Å². The summed E-state index contributed by atoms with van der Waals surface area (Å²) < 4.78 is 0. The van der Waals surface area contributed by atoms with E-state index < -0.39 is 0 Å². The van der Waals surface area contributed by atoms with Crippen LogP contribution in [0.15, 0.2) is 0 Å². The van der Waals surface area contributed by atoms with Crippen LogP contribution in [0.3, 0.4) is 0 Å². The number of thioether (sulfide) groups is 1. The van der Waals surface area contributed by atoms with E-state index >= 15 is 0 Å². The van der Waals surface area contributed by atoms with Crippen molar-refractivity contribution in [2.24, 2.45) is 5.73 Å². The molecule has 5 heteroatoms. The fourth-order valence-corrected chi connectivity index (χ4v) is 2.29. The lowest BCUT2D eigenvalue weighted by molar-refractivity contribution is -0.120. The standard InChI is InChI=1S/C10H22N2O2S/c1-3-12-9(10(11)14)5-7-15-8(2)4-6-13/h8-9,12-13H,3-7H2,1-2H3,(H2,11,14). The van der Waals surface area contributed by atoms with Crippen molar-refractivity contribution in [1.82, 2.24) is 5.32 Å². The number of aliphatic hydroxyl groups excluding tert-OH is 1. The summed E-state index contributed by atoms with van der Waals surface area (Å²) in [5.74, 6) is 0.606. The molecule has 0 rings (SSSR count). The number of likely N-dealkylation sites (N-methyl/N-ethyl adjacent to an activating group) is 1. The molecule has 4 N–H and O–H groups in total. The Kier molecular flexibility index (Phi) is 8.85. The van der Waals surface area contributed by atoms with Crippen molar-refractivity contribution in [2.45, 2.75) is 38.0 Å². The molecule has 0 saturated carbocycles. The van der Waals surface area contributed by atoms with Crippen molar-refractivity contribution in [1.29, 1.82) is 0 Å². The number of hydrogen-bond donors (Lipinski definition) is 3. The molecule has 0 aromatic carbocycles. The Morgan fingerprint density at radius 3 is 2.67 bits per heavy atom. The van der Waals surface area contributed by atoms with Crippen LogP contribution in [0.25, 0.3) is 0 Å². The summed E-state index contributed by atoms with van der Waals surface area (Å²) in [6.45, 7) is 5.01. The Morgan fingerprint density at radius 2 is 2.20 bits per heavy atom. The molecule has 1 amide bonds. The first-order valence-electron chi connectivity index (χ1n) is 5.37. The Hall–Kier alpha value is -0.260. The molecule has 0 aliphatic carbocycles. The van der Waals surface area contributed by atoms with Gasteiger partial charge in [0.25, 0.3) is 0 Å². The summed E-state index contributed by atoms with van der Waals surface area (Å²) in [5.41, 5.74) is 5.25. The van der Waals surface area contributed by atoms with Crippen LogP contribution in [0.4, 0.5) is 0 Å². The van der Waals surface area contributed by atoms with Gasteiger partial charge in [0.1, 0.15) is 0 Å². The van der Waals surface area contributed by atoms with Gasteiger partial charge in [0.15, 0.2) is 0 Å². The van der Waals surface area contributed by atoms with Crippen LogP contribution >= 0.6 is 11.8 Å². The number of amides is 1. The van der Waals surface area contributed by atoms with Gasteiger partial charge >= 0.3 is 0 Å². The molecule has 0 bridgehead atoms. The minimum atomic E-state index is -0.285. The summed E-state index contributed by atoms with van der Waals surface area (Å²) in [7, 11) is 0. The number of aliphatic hydroxyl groups is 1. The Bertz CT molecular complexity index is 179. The molecule has 4 nitrogen and oxygen atoms in total. The average molecular weight is 234 g/mol. The van der Waals surface area contributed by atoms with Gasteiger partial charge in [-0.15, -0.1) is 0 Å². The molecule has 0 aromatic rings. The minimum absolute atomic E-state index is 0.219. The fraction of sp³-hybridized carbons (Fsp3) is 0.900. The van der Waals surface area contributed by atoms with Crippen molar-refractivity contribution in [2.75, 3.05) is 18.9 Å². The van der Waals surface area contributed by atoms with Gasteiger partial charge in [-0.3, -0.25) is 4.79 Å². The minimum Gasteiger partial charge on any atom is -0.396 e. The molecule has 0 aliphatic heterocycles. The Balaban J connectivity index is 3.65. The van der Waals surface area contributed by atoms with E-state index in [1.165, 1.54) is 0 Å². The van der Waals surface area contributed by atoms with Gasteiger partial charge in [-0.2, -0.15) is 11.8 Å². The third-order valence-electron chi connectivity index (χ3n) is 2.14. The molecule has 0 heterocycles. The van der Waals surface area contributed by atoms with Gasteiger partial charge in [0.05, 0.1) is 6.04 Å². The smallest absolute Gasteiger partial charge is 0.234 e. The van der Waals surface area contributed by atoms with Gasteiger partial charge in [-0.1, -0.05) is 13.8 Å². The number of nitrogens with two attached hydrogens (primary N) is 1. The summed E-state index contributed by atoms with van der Waals surface area (Å²) in [5, 5.41) is 12.2. The van der Waals surface area contributed by atoms with E-state index in [0.29, 0.717) is 5.25 Å². The molecule has 2 atom stereocenters. The van der Waals surface area contributed by atoms with Crippen LogP contribution < -0.4 is 11.1 Å². The second-order valence-corrected chi connectivity index (χ2v) is 5.04. The SMILES string of the molecule is CCNC(CCSC(C)CCO)C(N)=O. The molecule has 0 aliphatic rings. The zero-order valence-electron chi connectivity index (χ0n) is 9.53. The molecule has 90 valence electrons. The highest BCUT2D eigenvalue weighted by molar-refractivity contribution is 7.99. The van der Waals surface area contributed by atoms with Gasteiger partial charge in [0, 0.05) is 11.9 Å². The van der Waals surface area contributed by atoms with E-state index in [0.717, 1.165) is 25.1 Å². The lowest BCUT2D eigenvalue weighted by Crippen LogP contribution is -2.41. The molecule has 0 saturated heterocycles. The highest BCUT2D eigenvalue weighted by Crippen LogP contribution is 2.15. The topological polar surface area (TPSA) is 75.3 Å². The van der Waals surface area contributed by atoms with Gasteiger partial charge in [-0.05, 0) is 25.1 Å². The quantitative estimate of drug-likeness (QED) is 0.538. The predicted octanol–water partition coefficient (Wildman–Crippen LogP) is 0.344. The lowest BCUT2D eigenvalue weighted by Gasteiger charge is -2.15. The number of nitrogens with one attached hydrogen (secondary N) is 1. The first-order valence-corrected chi connectivity index (χ1v) is 6.41. The van der Waals surface area contributed by atoms with E-state index in [1.807, 2.05) is 6.92 Å². The van der Waals surface area contributed by atoms with E-state index in [2.05, 4.69) is 12.2 Å². The molecule has 2 unspecified atom stereocenters. The molecular weight excluding hydrogens is 212 g/mol. The van der Waals surface area contributed by atoms with E-state index in [1.54, 1.807) is 11.8 Å². The normalized spacial score (nSPS) is 14.9. The largest absolute Gasteiger partial charge is 0.396 e. The summed E-state index contributed by atoms with van der Waals surface area (Å²) >= 11 is 1.76. The third-order valence-corrected chi connectivity index (χ3v) is 3.41. The number of hydrogen-bond acceptors (Lipinski definition) is 4. The van der Waals surface area contributed by atoms with Gasteiger partial charge < -0.3 is 16.2 Å². The lowest BCUT2D eigenvalue weighted by atomic mass is 10.2. The third kappa shape index (κ3) is 7.64. The molecule has 0 fully saturated rings. The van der Waals surface area contributed by atoms with E-state index in [9.17, 15) is 4.79 Å². The van der Waals surface area contributed by atoms with Crippen LogP contribution in [-0.4, -0.2) is 41.2 Å². The molecule has 0 radical (unpaired) electrons. The average Bonchev–Trinajstić information content (AvgIpc) is 2.16. The monoisotopic (exact) mass is 234 g/mol. The van der Waals surface area contributed by atoms with Crippen molar-refractivity contribution >= 4 is 17.7 Å². The molecule has 15 heavy (non-hydrogen) atoms. The maximum atomic E-state index is 11.0. The maximum absolute atomic E-state index is 11.0. The molecule has 0 spiro atoms. The zero-order valence-corrected chi connectivity index (χ0v) is 10.3. The van der Waals surface area contributed by atoms with Crippen LogP contribution in [0.1, 0.15) is 26.7 Å². The van der Waals surface area contributed by atoms with Crippen molar-refractivity contribution in [3.63, 3.8) is 0 Å². The van der Waals surface area contributed by atoms with Crippen LogP contribution in [0, 0.1) is 0 Å². The fourth-order valence-electron chi connectivity index (χ4n) is 1.24. The van der Waals surface area contributed by atoms with Crippen molar-refractivity contribution in [3.8, 4) is 0 Å². The Labute approximate surface area is 96.0 Å². The van der Waals surface area contributed by atoms with E-state index in [-0.39, 0.29) is 18.6 Å². The summed E-state index contributed by atoms with van der Waals surface area (Å²) in [6, 6.07) is -0.219. The highest BCUT2D eigenvalue weighted by Gasteiger charge is 2.13. The van der Waals surface area contributed by atoms with Gasteiger partial charge in [0.2, 0.25) is 5.91 Å². The summed E-state index contributed by atoms with van der Waals surface area (Å²) in [4.78, 5) is 11.0. The first-order chi connectivity index (χ1) is 7.11. The Morgan fingerprint density at radius 1 is 1.53 bits per heavy atom. The number of primary amides is 1. The van der Waals surface area contributed by atoms with Crippen LogP contribution in [0.2, 0.25) is 0 Å². The highest BCUT2D eigenvalue weighted by atomic mass is 32.2. The molecule has 0 aromatic heterocycles. The number of carbonyl (C=O) groups is 1. The van der Waals surface area contributed by atoms with Crippen LogP contribution in [-0.2, 0) is 4.79 Å². The van der Waals surface area contributed by atoms with Crippen molar-refractivity contribution < 1.29 is 9.90 Å². The first kappa shape index (κ1) is 14.7.